The predicted molar refractivity (Wildman–Crippen MR) is 103 cm³/mol. The first-order chi connectivity index (χ1) is 13.4. The molecule has 0 aromatic carbocycles. The first-order valence-corrected chi connectivity index (χ1v) is 9.66. The molecule has 0 saturated carbocycles. The van der Waals surface area contributed by atoms with Crippen molar-refractivity contribution in [3.63, 3.8) is 0 Å². The third-order valence-electron chi connectivity index (χ3n) is 4.85. The molecule has 0 aliphatic carbocycles. The molecule has 4 nitrogen and oxygen atoms in total. The number of aromatic nitrogens is 4. The van der Waals surface area contributed by atoms with E-state index in [1.807, 2.05) is 6.07 Å². The fraction of sp³-hybridized carbons (Fsp3) is 0.429. The zero-order chi connectivity index (χ0) is 20.1. The molecule has 3 aromatic rings. The summed E-state index contributed by atoms with van der Waals surface area (Å²) in [6, 6.07) is 6.68. The molecule has 3 heterocycles. The summed E-state index contributed by atoms with van der Waals surface area (Å²) in [6.45, 7) is 5.18. The lowest BCUT2D eigenvalue weighted by molar-refractivity contribution is -0.141. The van der Waals surface area contributed by atoms with Gasteiger partial charge in [0, 0.05) is 35.9 Å². The van der Waals surface area contributed by atoms with Gasteiger partial charge in [0.25, 0.3) is 0 Å². The second kappa shape index (κ2) is 8.63. The van der Waals surface area contributed by atoms with Crippen LogP contribution in [0.15, 0.2) is 36.7 Å². The quantitative estimate of drug-likeness (QED) is 0.462. The molecule has 0 saturated heterocycles. The van der Waals surface area contributed by atoms with Crippen molar-refractivity contribution in [2.75, 3.05) is 0 Å². The van der Waals surface area contributed by atoms with Gasteiger partial charge in [0.15, 0.2) is 0 Å². The van der Waals surface area contributed by atoms with E-state index < -0.39 is 11.9 Å². The van der Waals surface area contributed by atoms with E-state index in [4.69, 9.17) is 0 Å². The number of aryl methyl sites for hydroxylation is 1. The smallest absolute Gasteiger partial charge is 0.431 e. The Morgan fingerprint density at radius 2 is 1.89 bits per heavy atom. The normalized spacial score (nSPS) is 11.9. The van der Waals surface area contributed by atoms with Crippen LogP contribution in [0.1, 0.15) is 50.9 Å². The number of hydrogen-bond acceptors (Lipinski definition) is 2. The van der Waals surface area contributed by atoms with E-state index >= 15 is 0 Å². The molecule has 0 unspecified atom stereocenters. The van der Waals surface area contributed by atoms with Crippen LogP contribution in [-0.4, -0.2) is 14.6 Å². The Morgan fingerprint density at radius 3 is 2.57 bits per heavy atom. The van der Waals surface area contributed by atoms with Gasteiger partial charge >= 0.3 is 6.18 Å². The van der Waals surface area contributed by atoms with Gasteiger partial charge in [-0.2, -0.15) is 13.2 Å². The zero-order valence-electron chi connectivity index (χ0n) is 16.1. The maximum Gasteiger partial charge on any atom is 0.431 e. The molecule has 7 heteroatoms. The van der Waals surface area contributed by atoms with Crippen molar-refractivity contribution in [1.82, 2.24) is 19.7 Å². The van der Waals surface area contributed by atoms with Crippen molar-refractivity contribution >= 4 is 0 Å². The monoisotopic (exact) mass is 389 g/mol. The van der Waals surface area contributed by atoms with Gasteiger partial charge < -0.3 is 14.8 Å². The van der Waals surface area contributed by atoms with E-state index in [1.165, 1.54) is 25.0 Å². The van der Waals surface area contributed by atoms with Gasteiger partial charge in [-0.15, -0.1) is 0 Å². The highest BCUT2D eigenvalue weighted by atomic mass is 19.4. The van der Waals surface area contributed by atoms with Gasteiger partial charge in [-0.05, 0) is 49.6 Å². The molecule has 0 aliphatic rings. The molecule has 0 fully saturated rings. The Balaban J connectivity index is 1.90. The van der Waals surface area contributed by atoms with Crippen LogP contribution in [-0.2, 0) is 19.1 Å². The molecular formula is C21H24F3N4-. The average molecular weight is 389 g/mol. The summed E-state index contributed by atoms with van der Waals surface area (Å²) in [5, 5.41) is 6.90. The maximum atomic E-state index is 12.8. The first kappa shape index (κ1) is 20.2. The van der Waals surface area contributed by atoms with E-state index in [-0.39, 0.29) is 5.69 Å². The maximum absolute atomic E-state index is 12.8. The second-order valence-corrected chi connectivity index (χ2v) is 6.82. The van der Waals surface area contributed by atoms with Crippen molar-refractivity contribution < 1.29 is 13.2 Å². The van der Waals surface area contributed by atoms with Gasteiger partial charge in [0.1, 0.15) is 5.69 Å². The van der Waals surface area contributed by atoms with E-state index in [1.54, 1.807) is 12.3 Å². The fourth-order valence-corrected chi connectivity index (χ4v) is 3.36. The number of rotatable bonds is 8. The highest BCUT2D eigenvalue weighted by Gasteiger charge is 2.31. The summed E-state index contributed by atoms with van der Waals surface area (Å²) < 4.78 is 40.6. The van der Waals surface area contributed by atoms with E-state index in [0.717, 1.165) is 36.6 Å². The van der Waals surface area contributed by atoms with Gasteiger partial charge in [-0.1, -0.05) is 31.9 Å². The highest BCUT2D eigenvalue weighted by Crippen LogP contribution is 2.32. The number of hydrogen-bond donors (Lipinski definition) is 0. The summed E-state index contributed by atoms with van der Waals surface area (Å²) in [5.74, 6) is 0. The lowest BCUT2D eigenvalue weighted by Crippen LogP contribution is -2.04. The van der Waals surface area contributed by atoms with Gasteiger partial charge in [-0.3, -0.25) is 4.98 Å². The third-order valence-corrected chi connectivity index (χ3v) is 4.85. The van der Waals surface area contributed by atoms with Crippen molar-refractivity contribution in [1.29, 1.82) is 0 Å². The zero-order valence-corrected chi connectivity index (χ0v) is 16.1. The van der Waals surface area contributed by atoms with E-state index in [0.29, 0.717) is 5.69 Å². The summed E-state index contributed by atoms with van der Waals surface area (Å²) in [4.78, 5) is 4.20. The van der Waals surface area contributed by atoms with Gasteiger partial charge in [-0.25, -0.2) is 0 Å². The molecule has 0 N–H and O–H groups in total. The molecule has 3 aromatic heterocycles. The van der Waals surface area contributed by atoms with Crippen LogP contribution >= 0.6 is 0 Å². The lowest BCUT2D eigenvalue weighted by atomic mass is 10.0. The topological polar surface area (TPSA) is 44.8 Å². The lowest BCUT2D eigenvalue weighted by Gasteiger charge is -2.12. The number of alkyl halides is 3. The summed E-state index contributed by atoms with van der Waals surface area (Å²) in [7, 11) is 0. The van der Waals surface area contributed by atoms with E-state index in [9.17, 15) is 13.2 Å². The van der Waals surface area contributed by atoms with Crippen LogP contribution in [0.2, 0.25) is 0 Å². The van der Waals surface area contributed by atoms with Crippen LogP contribution in [0.3, 0.4) is 0 Å². The van der Waals surface area contributed by atoms with Gasteiger partial charge in [0.05, 0.1) is 0 Å². The van der Waals surface area contributed by atoms with Crippen LogP contribution in [0.25, 0.3) is 22.5 Å². The Bertz CT molecular complexity index is 909. The Hall–Kier alpha value is -2.57. The number of unbranched alkanes of at least 4 members (excludes halogenated alkanes) is 3. The minimum Gasteiger partial charge on any atom is -0.573 e. The van der Waals surface area contributed by atoms with Crippen LogP contribution in [0.4, 0.5) is 13.2 Å². The van der Waals surface area contributed by atoms with Crippen molar-refractivity contribution in [2.45, 2.75) is 58.7 Å². The molecule has 0 spiro atoms. The number of pyridine rings is 1. The molecule has 0 atom stereocenters. The third kappa shape index (κ3) is 4.46. The van der Waals surface area contributed by atoms with Crippen LogP contribution < -0.4 is 5.10 Å². The Labute approximate surface area is 162 Å². The average Bonchev–Trinajstić information content (AvgIpc) is 3.32. The minimum atomic E-state index is -4.51. The highest BCUT2D eigenvalue weighted by molar-refractivity contribution is 5.71. The predicted octanol–water partition coefficient (Wildman–Crippen LogP) is 5.73. The van der Waals surface area contributed by atoms with Crippen LogP contribution in [0, 0.1) is 0 Å². The minimum absolute atomic E-state index is 0.133. The van der Waals surface area contributed by atoms with Crippen molar-refractivity contribution in [3.05, 3.63) is 48.0 Å². The number of nitrogens with zero attached hydrogens (tertiary/aromatic N) is 4. The summed E-state index contributed by atoms with van der Waals surface area (Å²) >= 11 is 0. The molecule has 150 valence electrons. The fourth-order valence-electron chi connectivity index (χ4n) is 3.36. The van der Waals surface area contributed by atoms with Crippen LogP contribution in [0.5, 0.6) is 0 Å². The Morgan fingerprint density at radius 1 is 1.07 bits per heavy atom. The molecule has 0 bridgehead atoms. The molecule has 0 radical (unpaired) electrons. The molecule has 0 aliphatic heterocycles. The largest absolute Gasteiger partial charge is 0.573 e. The van der Waals surface area contributed by atoms with Crippen molar-refractivity contribution in [3.8, 4) is 22.5 Å². The van der Waals surface area contributed by atoms with Gasteiger partial charge in [0.2, 0.25) is 0 Å². The van der Waals surface area contributed by atoms with E-state index in [2.05, 4.69) is 45.9 Å². The number of halogens is 3. The first-order valence-electron chi connectivity index (χ1n) is 9.66. The summed E-state index contributed by atoms with van der Waals surface area (Å²) in [5.41, 5.74) is 2.80. The molecule has 3 rings (SSSR count). The standard InChI is InChI=1S/C21H24F3N4/c1-3-5-6-7-8-19-16(10-12-28(19)4-2)15-9-11-25-17(13-15)18-14-20(27-26-18)21(22,23)24/h9-14H,3-8H2,1-2H3/q-1. The summed E-state index contributed by atoms with van der Waals surface area (Å²) in [6.07, 6.45) is 4.86. The molecular weight excluding hydrogens is 365 g/mol. The SMILES string of the molecule is CCCCCCc1c(-c2ccnc(-c3cc(C(F)(F)F)n[n-]3)c2)ccn1CC. The second-order valence-electron chi connectivity index (χ2n) is 6.82. The molecule has 0 amide bonds. The molecule has 28 heavy (non-hydrogen) atoms. The van der Waals surface area contributed by atoms with Crippen molar-refractivity contribution in [2.24, 2.45) is 0 Å². The Kier molecular flexibility index (Phi) is 6.21.